The summed E-state index contributed by atoms with van der Waals surface area (Å²) < 4.78 is 1.93. The average Bonchev–Trinajstić information content (AvgIpc) is 2.63. The fourth-order valence-electron chi connectivity index (χ4n) is 2.25. The Bertz CT molecular complexity index is 987. The summed E-state index contributed by atoms with van der Waals surface area (Å²) in [5, 5.41) is 3.27. The molecule has 0 unspecified atom stereocenters. The topological polar surface area (TPSA) is 60.3 Å². The lowest BCUT2D eigenvalue weighted by atomic mass is 10.2. The smallest absolute Gasteiger partial charge is 0.295 e. The molecule has 26 heavy (non-hydrogen) atoms. The Morgan fingerprint density at radius 1 is 1.12 bits per heavy atom. The van der Waals surface area contributed by atoms with E-state index in [-0.39, 0.29) is 12.2 Å². The first-order valence-corrected chi connectivity index (χ1v) is 8.86. The Morgan fingerprint density at radius 3 is 2.62 bits per heavy atom. The normalized spacial score (nSPS) is 10.4. The van der Waals surface area contributed by atoms with E-state index in [0.717, 1.165) is 14.8 Å². The molecule has 5 nitrogen and oxygen atoms in total. The maximum Gasteiger partial charge on any atom is 0.295 e. The molecule has 1 aromatic heterocycles. The van der Waals surface area contributed by atoms with Gasteiger partial charge in [-0.3, -0.25) is 9.59 Å². The second kappa shape index (κ2) is 8.21. The van der Waals surface area contributed by atoms with E-state index >= 15 is 0 Å². The summed E-state index contributed by atoms with van der Waals surface area (Å²) in [7, 11) is 0. The van der Waals surface area contributed by atoms with Gasteiger partial charge in [0.15, 0.2) is 0 Å². The van der Waals surface area contributed by atoms with Crippen molar-refractivity contribution in [3.05, 3.63) is 97.8 Å². The van der Waals surface area contributed by atoms with E-state index in [1.807, 2.05) is 6.07 Å². The number of pyridine rings is 1. The highest BCUT2D eigenvalue weighted by atomic mass is 79.9. The van der Waals surface area contributed by atoms with Crippen molar-refractivity contribution < 1.29 is 9.63 Å². The summed E-state index contributed by atoms with van der Waals surface area (Å²) in [6.45, 7) is 0.151. The van der Waals surface area contributed by atoms with Gasteiger partial charge < -0.3 is 10.2 Å². The first kappa shape index (κ1) is 18.2. The summed E-state index contributed by atoms with van der Waals surface area (Å²) in [5.74, 6) is -0.502. The highest BCUT2D eigenvalue weighted by Crippen LogP contribution is 2.14. The molecule has 0 spiro atoms. The first-order valence-electron chi connectivity index (χ1n) is 7.69. The number of nitrogens with one attached hydrogen (secondary N) is 1. The van der Waals surface area contributed by atoms with Crippen LogP contribution in [0.15, 0.2) is 76.1 Å². The van der Waals surface area contributed by atoms with Crippen LogP contribution >= 0.6 is 27.5 Å². The summed E-state index contributed by atoms with van der Waals surface area (Å²) in [5.41, 5.74) is 0.854. The van der Waals surface area contributed by atoms with Crippen molar-refractivity contribution in [2.45, 2.75) is 6.61 Å². The van der Waals surface area contributed by atoms with Crippen molar-refractivity contribution >= 4 is 39.1 Å². The molecule has 1 heterocycles. The molecule has 7 heteroatoms. The predicted octanol–water partition coefficient (Wildman–Crippen LogP) is 4.15. The van der Waals surface area contributed by atoms with Gasteiger partial charge in [0.25, 0.3) is 11.5 Å². The number of aromatic nitrogens is 1. The molecule has 0 aliphatic rings. The van der Waals surface area contributed by atoms with Crippen molar-refractivity contribution in [3.8, 4) is 0 Å². The summed E-state index contributed by atoms with van der Waals surface area (Å²) in [6.07, 6.45) is 1.46. The standard InChI is InChI=1S/C19H14BrClN2O3/c20-14-6-8-16(9-7-14)22-18(24)17-5-2-10-23(19(17)25)26-12-13-3-1-4-15(21)11-13/h1-11H,12H2,(H,22,24). The van der Waals surface area contributed by atoms with E-state index in [1.54, 1.807) is 48.5 Å². The molecule has 0 bridgehead atoms. The molecule has 0 aliphatic carbocycles. The van der Waals surface area contributed by atoms with Crippen LogP contribution < -0.4 is 15.7 Å². The van der Waals surface area contributed by atoms with Crippen LogP contribution in [0, 0.1) is 0 Å². The van der Waals surface area contributed by atoms with Crippen molar-refractivity contribution in [2.75, 3.05) is 5.32 Å². The molecule has 3 rings (SSSR count). The van der Waals surface area contributed by atoms with E-state index in [2.05, 4.69) is 21.2 Å². The number of benzene rings is 2. The van der Waals surface area contributed by atoms with Gasteiger partial charge in [-0.05, 0) is 54.1 Å². The Morgan fingerprint density at radius 2 is 1.88 bits per heavy atom. The number of carbonyl (C=O) groups is 1. The summed E-state index contributed by atoms with van der Waals surface area (Å²) in [4.78, 5) is 30.4. The first-order chi connectivity index (χ1) is 12.5. The van der Waals surface area contributed by atoms with Gasteiger partial charge in [-0.2, -0.15) is 4.73 Å². The zero-order valence-electron chi connectivity index (χ0n) is 13.5. The van der Waals surface area contributed by atoms with Gasteiger partial charge in [-0.25, -0.2) is 0 Å². The largest absolute Gasteiger partial charge is 0.406 e. The third-order valence-corrected chi connectivity index (χ3v) is 4.28. The fourth-order valence-corrected chi connectivity index (χ4v) is 2.73. The molecule has 132 valence electrons. The number of halogens is 2. The number of rotatable bonds is 5. The van der Waals surface area contributed by atoms with Gasteiger partial charge in [-0.15, -0.1) is 0 Å². The zero-order valence-corrected chi connectivity index (χ0v) is 15.8. The molecule has 0 aliphatic heterocycles. The Kier molecular flexibility index (Phi) is 5.75. The van der Waals surface area contributed by atoms with Crippen molar-refractivity contribution in [1.29, 1.82) is 0 Å². The van der Waals surface area contributed by atoms with Crippen LogP contribution in [0.3, 0.4) is 0 Å². The van der Waals surface area contributed by atoms with Crippen molar-refractivity contribution in [2.24, 2.45) is 0 Å². The van der Waals surface area contributed by atoms with Gasteiger partial charge in [0.1, 0.15) is 12.2 Å². The third kappa shape index (κ3) is 4.53. The number of amides is 1. The SMILES string of the molecule is O=C(Nc1ccc(Br)cc1)c1cccn(OCc2cccc(Cl)c2)c1=O. The maximum absolute atomic E-state index is 12.5. The highest BCUT2D eigenvalue weighted by Gasteiger charge is 2.13. The molecular weight excluding hydrogens is 420 g/mol. The Hall–Kier alpha value is -2.57. The molecule has 0 radical (unpaired) electrons. The monoisotopic (exact) mass is 432 g/mol. The average molecular weight is 434 g/mol. The second-order valence-corrected chi connectivity index (χ2v) is 6.77. The Balaban J connectivity index is 1.75. The van der Waals surface area contributed by atoms with Crippen LogP contribution in [0.25, 0.3) is 0 Å². The van der Waals surface area contributed by atoms with Gasteiger partial charge in [0.05, 0.1) is 0 Å². The van der Waals surface area contributed by atoms with E-state index in [0.29, 0.717) is 10.7 Å². The molecule has 0 saturated heterocycles. The minimum atomic E-state index is -0.538. The van der Waals surface area contributed by atoms with Crippen LogP contribution in [0.2, 0.25) is 5.02 Å². The predicted molar refractivity (Wildman–Crippen MR) is 105 cm³/mol. The molecule has 1 N–H and O–H groups in total. The molecule has 3 aromatic rings. The number of nitrogens with zero attached hydrogens (tertiary/aromatic N) is 1. The maximum atomic E-state index is 12.5. The van der Waals surface area contributed by atoms with E-state index in [1.165, 1.54) is 12.3 Å². The molecule has 0 fully saturated rings. The van der Waals surface area contributed by atoms with E-state index < -0.39 is 11.5 Å². The second-order valence-electron chi connectivity index (χ2n) is 5.42. The summed E-state index contributed by atoms with van der Waals surface area (Å²) in [6, 6.07) is 17.2. The molecule has 0 saturated carbocycles. The molecule has 1 amide bonds. The molecular formula is C19H14BrClN2O3. The summed E-state index contributed by atoms with van der Waals surface area (Å²) >= 11 is 9.26. The van der Waals surface area contributed by atoms with Gasteiger partial charge in [0.2, 0.25) is 0 Å². The lowest BCUT2D eigenvalue weighted by molar-refractivity contribution is 0.0863. The van der Waals surface area contributed by atoms with Gasteiger partial charge >= 0.3 is 0 Å². The van der Waals surface area contributed by atoms with E-state index in [4.69, 9.17) is 16.4 Å². The van der Waals surface area contributed by atoms with Crippen LogP contribution in [-0.2, 0) is 6.61 Å². The van der Waals surface area contributed by atoms with Crippen molar-refractivity contribution in [3.63, 3.8) is 0 Å². The number of carbonyl (C=O) groups excluding carboxylic acids is 1. The number of hydrogen-bond acceptors (Lipinski definition) is 3. The molecule has 2 aromatic carbocycles. The third-order valence-electron chi connectivity index (χ3n) is 3.52. The Labute approximate surface area is 163 Å². The fraction of sp³-hybridized carbons (Fsp3) is 0.0526. The van der Waals surface area contributed by atoms with Gasteiger partial charge in [-0.1, -0.05) is 39.7 Å². The van der Waals surface area contributed by atoms with Gasteiger partial charge in [0, 0.05) is 21.4 Å². The van der Waals surface area contributed by atoms with Crippen LogP contribution in [0.5, 0.6) is 0 Å². The lowest BCUT2D eigenvalue weighted by Crippen LogP contribution is -2.32. The minimum Gasteiger partial charge on any atom is -0.406 e. The number of hydrogen-bond donors (Lipinski definition) is 1. The molecule has 0 atom stereocenters. The van der Waals surface area contributed by atoms with Crippen LogP contribution in [-0.4, -0.2) is 10.6 Å². The highest BCUT2D eigenvalue weighted by molar-refractivity contribution is 9.10. The van der Waals surface area contributed by atoms with Crippen molar-refractivity contribution in [1.82, 2.24) is 4.73 Å². The number of anilines is 1. The van der Waals surface area contributed by atoms with Crippen LogP contribution in [0.1, 0.15) is 15.9 Å². The van der Waals surface area contributed by atoms with E-state index in [9.17, 15) is 9.59 Å². The quantitative estimate of drug-likeness (QED) is 0.658. The zero-order chi connectivity index (χ0) is 18.5. The minimum absolute atomic E-state index is 0.0125. The lowest BCUT2D eigenvalue weighted by Gasteiger charge is -2.10. The van der Waals surface area contributed by atoms with Crippen LogP contribution in [0.4, 0.5) is 5.69 Å².